The molecule has 0 saturated heterocycles. The van der Waals surface area contributed by atoms with Gasteiger partial charge in [0.05, 0.1) is 6.42 Å². The van der Waals surface area contributed by atoms with E-state index in [0.29, 0.717) is 25.4 Å². The van der Waals surface area contributed by atoms with Crippen LogP contribution in [0.2, 0.25) is 0 Å². The van der Waals surface area contributed by atoms with Crippen LogP contribution in [0.1, 0.15) is 43.0 Å². The molecule has 1 N–H and O–H groups in total. The van der Waals surface area contributed by atoms with E-state index in [1.807, 2.05) is 69.3 Å². The molecule has 0 bridgehead atoms. The number of aryl methyl sites for hydroxylation is 2. The summed E-state index contributed by atoms with van der Waals surface area (Å²) in [6.45, 7) is 11.0. The quantitative estimate of drug-likeness (QED) is 0.751. The van der Waals surface area contributed by atoms with Crippen LogP contribution in [-0.2, 0) is 22.6 Å². The zero-order chi connectivity index (χ0) is 20.7. The third kappa shape index (κ3) is 5.95. The second kappa shape index (κ2) is 10.1. The van der Waals surface area contributed by atoms with Crippen LogP contribution in [0, 0.1) is 19.8 Å². The number of rotatable bonds is 8. The summed E-state index contributed by atoms with van der Waals surface area (Å²) in [5.41, 5.74) is 4.26. The molecule has 0 fully saturated rings. The molecular weight excluding hydrogens is 348 g/mol. The van der Waals surface area contributed by atoms with Crippen molar-refractivity contribution < 1.29 is 9.59 Å². The molecule has 0 saturated carbocycles. The summed E-state index contributed by atoms with van der Waals surface area (Å²) in [6.07, 6.45) is 0.292. The second-order valence-corrected chi connectivity index (χ2v) is 7.87. The molecule has 0 heterocycles. The van der Waals surface area contributed by atoms with Gasteiger partial charge in [0.1, 0.15) is 6.04 Å². The predicted molar refractivity (Wildman–Crippen MR) is 114 cm³/mol. The number of carbonyl (C=O) groups is 2. The van der Waals surface area contributed by atoms with E-state index < -0.39 is 6.04 Å². The number of benzene rings is 2. The topological polar surface area (TPSA) is 49.4 Å². The zero-order valence-corrected chi connectivity index (χ0v) is 17.7. The first kappa shape index (κ1) is 21.7. The molecule has 1 atom stereocenters. The highest BCUT2D eigenvalue weighted by Gasteiger charge is 2.26. The Hall–Kier alpha value is -2.62. The molecule has 28 heavy (non-hydrogen) atoms. The van der Waals surface area contributed by atoms with Gasteiger partial charge in [-0.2, -0.15) is 0 Å². The fourth-order valence-corrected chi connectivity index (χ4v) is 3.08. The maximum atomic E-state index is 13.2. The van der Waals surface area contributed by atoms with Crippen molar-refractivity contribution in [2.24, 2.45) is 5.92 Å². The molecule has 150 valence electrons. The van der Waals surface area contributed by atoms with Gasteiger partial charge in [-0.25, -0.2) is 0 Å². The zero-order valence-electron chi connectivity index (χ0n) is 17.7. The van der Waals surface area contributed by atoms with Gasteiger partial charge < -0.3 is 10.2 Å². The van der Waals surface area contributed by atoms with Crippen molar-refractivity contribution in [2.75, 3.05) is 6.54 Å². The van der Waals surface area contributed by atoms with Gasteiger partial charge in [-0.1, -0.05) is 62.4 Å². The lowest BCUT2D eigenvalue weighted by molar-refractivity contribution is -0.140. The Morgan fingerprint density at radius 1 is 0.893 bits per heavy atom. The lowest BCUT2D eigenvalue weighted by Crippen LogP contribution is -2.48. The first-order chi connectivity index (χ1) is 13.3. The minimum absolute atomic E-state index is 0.0373. The van der Waals surface area contributed by atoms with Gasteiger partial charge in [0.15, 0.2) is 0 Å². The largest absolute Gasteiger partial charge is 0.354 e. The van der Waals surface area contributed by atoms with Crippen molar-refractivity contribution in [3.8, 4) is 0 Å². The van der Waals surface area contributed by atoms with E-state index in [9.17, 15) is 9.59 Å². The molecular formula is C24H32N2O2. The predicted octanol–water partition coefficient (Wildman–Crippen LogP) is 4.04. The Morgan fingerprint density at radius 2 is 1.43 bits per heavy atom. The monoisotopic (exact) mass is 380 g/mol. The Morgan fingerprint density at radius 3 is 1.96 bits per heavy atom. The average molecular weight is 381 g/mol. The minimum atomic E-state index is -0.533. The lowest BCUT2D eigenvalue weighted by atomic mass is 10.0. The van der Waals surface area contributed by atoms with Crippen molar-refractivity contribution in [1.29, 1.82) is 0 Å². The van der Waals surface area contributed by atoms with Crippen LogP contribution in [0.15, 0.2) is 48.5 Å². The summed E-state index contributed by atoms with van der Waals surface area (Å²) in [5.74, 6) is 0.216. The molecule has 0 unspecified atom stereocenters. The average Bonchev–Trinajstić information content (AvgIpc) is 2.66. The van der Waals surface area contributed by atoms with Crippen LogP contribution in [0.5, 0.6) is 0 Å². The highest BCUT2D eigenvalue weighted by Crippen LogP contribution is 2.16. The van der Waals surface area contributed by atoms with E-state index in [4.69, 9.17) is 0 Å². The van der Waals surface area contributed by atoms with Gasteiger partial charge in [-0.15, -0.1) is 0 Å². The smallest absolute Gasteiger partial charge is 0.242 e. The molecule has 0 aliphatic carbocycles. The maximum absolute atomic E-state index is 13.2. The van der Waals surface area contributed by atoms with Crippen LogP contribution in [-0.4, -0.2) is 29.3 Å². The molecule has 0 radical (unpaired) electrons. The summed E-state index contributed by atoms with van der Waals surface area (Å²) in [5, 5.41) is 2.96. The summed E-state index contributed by atoms with van der Waals surface area (Å²) in [6, 6.07) is 15.4. The van der Waals surface area contributed by atoms with E-state index in [0.717, 1.165) is 22.3 Å². The first-order valence-electron chi connectivity index (χ1n) is 9.95. The normalized spacial score (nSPS) is 11.9. The molecule has 2 amide bonds. The molecule has 0 aliphatic heterocycles. The molecule has 2 aromatic rings. The first-order valence-corrected chi connectivity index (χ1v) is 9.95. The number of carbonyl (C=O) groups excluding carboxylic acids is 2. The number of nitrogens with zero attached hydrogens (tertiary/aromatic N) is 1. The molecule has 2 rings (SSSR count). The van der Waals surface area contributed by atoms with Crippen LogP contribution >= 0.6 is 0 Å². The summed E-state index contributed by atoms with van der Waals surface area (Å²) >= 11 is 0. The molecule has 0 aromatic heterocycles. The van der Waals surface area contributed by atoms with Gasteiger partial charge >= 0.3 is 0 Å². The van der Waals surface area contributed by atoms with Crippen molar-refractivity contribution in [1.82, 2.24) is 10.2 Å². The van der Waals surface area contributed by atoms with Gasteiger partial charge in [0.2, 0.25) is 11.8 Å². The number of nitrogens with one attached hydrogen (secondary N) is 1. The van der Waals surface area contributed by atoms with Gasteiger partial charge in [-0.3, -0.25) is 9.59 Å². The van der Waals surface area contributed by atoms with E-state index in [1.165, 1.54) is 0 Å². The van der Waals surface area contributed by atoms with Crippen LogP contribution in [0.25, 0.3) is 0 Å². The third-order valence-corrected chi connectivity index (χ3v) is 5.06. The van der Waals surface area contributed by atoms with Gasteiger partial charge in [0, 0.05) is 13.1 Å². The number of amides is 2. The Kier molecular flexibility index (Phi) is 7.80. The van der Waals surface area contributed by atoms with Gasteiger partial charge in [-0.05, 0) is 48.9 Å². The number of hydrogen-bond acceptors (Lipinski definition) is 2. The third-order valence-electron chi connectivity index (χ3n) is 5.06. The van der Waals surface area contributed by atoms with Crippen molar-refractivity contribution in [3.63, 3.8) is 0 Å². The van der Waals surface area contributed by atoms with Crippen LogP contribution in [0.3, 0.4) is 0 Å². The van der Waals surface area contributed by atoms with Crippen LogP contribution in [0.4, 0.5) is 0 Å². The highest BCUT2D eigenvalue weighted by atomic mass is 16.2. The van der Waals surface area contributed by atoms with Crippen molar-refractivity contribution >= 4 is 11.8 Å². The standard InChI is InChI=1S/C24H32N2O2/c1-17(2)15-25-24(28)20(5)26(16-22-13-9-7-11-19(22)4)23(27)14-21-12-8-6-10-18(21)3/h6-13,17,20H,14-16H2,1-5H3,(H,25,28)/t20-/m0/s1. The van der Waals surface area contributed by atoms with Crippen molar-refractivity contribution in [3.05, 3.63) is 70.8 Å². The minimum Gasteiger partial charge on any atom is -0.354 e. The number of hydrogen-bond donors (Lipinski definition) is 1. The summed E-state index contributed by atoms with van der Waals surface area (Å²) < 4.78 is 0. The fraction of sp³-hybridized carbons (Fsp3) is 0.417. The van der Waals surface area contributed by atoms with Gasteiger partial charge in [0.25, 0.3) is 0 Å². The van der Waals surface area contributed by atoms with E-state index in [1.54, 1.807) is 4.90 Å². The summed E-state index contributed by atoms with van der Waals surface area (Å²) in [4.78, 5) is 27.6. The van der Waals surface area contributed by atoms with E-state index in [2.05, 4.69) is 19.2 Å². The molecule has 4 heteroatoms. The SMILES string of the molecule is Cc1ccccc1CC(=O)N(Cc1ccccc1C)[C@@H](C)C(=O)NCC(C)C. The second-order valence-electron chi connectivity index (χ2n) is 7.87. The lowest BCUT2D eigenvalue weighted by Gasteiger charge is -2.30. The highest BCUT2D eigenvalue weighted by molar-refractivity contribution is 5.88. The van der Waals surface area contributed by atoms with E-state index in [-0.39, 0.29) is 11.8 Å². The molecule has 4 nitrogen and oxygen atoms in total. The Balaban J connectivity index is 2.24. The molecule has 0 spiro atoms. The van der Waals surface area contributed by atoms with Crippen molar-refractivity contribution in [2.45, 2.75) is 53.6 Å². The maximum Gasteiger partial charge on any atom is 0.242 e. The molecule has 0 aliphatic rings. The molecule has 2 aromatic carbocycles. The Labute approximate surface area is 169 Å². The van der Waals surface area contributed by atoms with E-state index >= 15 is 0 Å². The van der Waals surface area contributed by atoms with Crippen LogP contribution < -0.4 is 5.32 Å². The fourth-order valence-electron chi connectivity index (χ4n) is 3.08. The summed E-state index contributed by atoms with van der Waals surface area (Å²) in [7, 11) is 0. The Bertz CT molecular complexity index is 814.